The molecule has 1 heterocycles. The molecule has 0 bridgehead atoms. The monoisotopic (exact) mass is 313 g/mol. The number of aromatic nitrogens is 1. The van der Waals surface area contributed by atoms with Gasteiger partial charge in [-0.25, -0.2) is 9.98 Å². The van der Waals surface area contributed by atoms with Crippen LogP contribution in [0.4, 0.5) is 5.69 Å². The first-order valence-electron chi connectivity index (χ1n) is 6.90. The molecule has 0 aliphatic carbocycles. The quantitative estimate of drug-likeness (QED) is 0.296. The number of hydrogen-bond acceptors (Lipinski definition) is 3. The lowest BCUT2D eigenvalue weighted by Crippen LogP contribution is -2.27. The molecule has 0 spiro atoms. The highest BCUT2D eigenvalue weighted by molar-refractivity contribution is 6.32. The average molecular weight is 314 g/mol. The molecule has 2 N–H and O–H groups in total. The zero-order valence-electron chi connectivity index (χ0n) is 12.1. The third-order valence-corrected chi connectivity index (χ3v) is 3.34. The molecular weight excluding hydrogens is 298 g/mol. The Hall–Kier alpha value is -2.58. The van der Waals surface area contributed by atoms with Crippen LogP contribution in [-0.4, -0.2) is 10.9 Å². The molecule has 0 radical (unpaired) electrons. The van der Waals surface area contributed by atoms with Crippen molar-refractivity contribution < 1.29 is 0 Å². The normalized spacial score (nSPS) is 12.3. The Kier molecular flexibility index (Phi) is 5.75. The van der Waals surface area contributed by atoms with E-state index >= 15 is 0 Å². The molecule has 0 aliphatic rings. The van der Waals surface area contributed by atoms with E-state index < -0.39 is 0 Å². The Morgan fingerprint density at radius 3 is 2.73 bits per heavy atom. The maximum absolute atomic E-state index is 8.91. The molecule has 0 aliphatic heterocycles. The summed E-state index contributed by atoms with van der Waals surface area (Å²) in [6, 6.07) is 13.4. The second kappa shape index (κ2) is 8.01. The summed E-state index contributed by atoms with van der Waals surface area (Å²) in [6.07, 6.45) is 4.29. The molecule has 22 heavy (non-hydrogen) atoms. The molecule has 1 aromatic carbocycles. The van der Waals surface area contributed by atoms with Crippen molar-refractivity contribution in [3.05, 3.63) is 59.4 Å². The van der Waals surface area contributed by atoms with Crippen LogP contribution in [0.3, 0.4) is 0 Å². The number of nitrogens with one attached hydrogen (secondary N) is 2. The number of aliphatic imine (C=N–C) groups is 1. The van der Waals surface area contributed by atoms with Crippen molar-refractivity contribution in [2.24, 2.45) is 4.99 Å². The zero-order valence-corrected chi connectivity index (χ0v) is 12.9. The predicted octanol–water partition coefficient (Wildman–Crippen LogP) is 3.72. The fourth-order valence-corrected chi connectivity index (χ4v) is 2.15. The van der Waals surface area contributed by atoms with E-state index in [-0.39, 0.29) is 6.04 Å². The molecule has 0 amide bonds. The van der Waals surface area contributed by atoms with Gasteiger partial charge in [-0.2, -0.15) is 5.26 Å². The van der Waals surface area contributed by atoms with Crippen molar-refractivity contribution >= 4 is 23.2 Å². The van der Waals surface area contributed by atoms with Crippen LogP contribution in [0.1, 0.15) is 24.9 Å². The highest BCUT2D eigenvalue weighted by Gasteiger charge is 2.10. The van der Waals surface area contributed by atoms with Gasteiger partial charge in [-0.05, 0) is 24.1 Å². The summed E-state index contributed by atoms with van der Waals surface area (Å²) in [7, 11) is 0. The van der Waals surface area contributed by atoms with E-state index in [1.54, 1.807) is 18.3 Å². The maximum atomic E-state index is 8.91. The van der Waals surface area contributed by atoms with E-state index in [0.717, 1.165) is 12.0 Å². The molecule has 1 aromatic heterocycles. The largest absolute Gasteiger partial charge is 0.323 e. The second-order valence-electron chi connectivity index (χ2n) is 4.52. The molecule has 112 valence electrons. The number of guanidine groups is 1. The van der Waals surface area contributed by atoms with Crippen molar-refractivity contribution in [1.82, 2.24) is 10.3 Å². The summed E-state index contributed by atoms with van der Waals surface area (Å²) in [5.74, 6) is 0.341. The number of halogens is 1. The molecular formula is C16H16ClN5. The van der Waals surface area contributed by atoms with Crippen molar-refractivity contribution in [2.75, 3.05) is 5.32 Å². The number of pyridine rings is 1. The summed E-state index contributed by atoms with van der Waals surface area (Å²) in [5, 5.41) is 14.8. The minimum Gasteiger partial charge on any atom is -0.323 e. The van der Waals surface area contributed by atoms with Crippen LogP contribution in [0.5, 0.6) is 0 Å². The first kappa shape index (κ1) is 15.8. The first-order valence-corrected chi connectivity index (χ1v) is 7.27. The van der Waals surface area contributed by atoms with E-state index in [9.17, 15) is 0 Å². The van der Waals surface area contributed by atoms with Gasteiger partial charge in [-0.15, -0.1) is 0 Å². The van der Waals surface area contributed by atoms with Gasteiger partial charge < -0.3 is 5.32 Å². The minimum atomic E-state index is -0.0556. The molecule has 1 atom stereocenters. The van der Waals surface area contributed by atoms with E-state index in [1.165, 1.54) is 0 Å². The number of rotatable bonds is 4. The van der Waals surface area contributed by atoms with Gasteiger partial charge in [0.05, 0.1) is 11.7 Å². The Balaban J connectivity index is 2.26. The van der Waals surface area contributed by atoms with Crippen LogP contribution in [0.2, 0.25) is 5.15 Å². The van der Waals surface area contributed by atoms with Gasteiger partial charge in [0, 0.05) is 6.20 Å². The molecule has 6 heteroatoms. The maximum Gasteiger partial charge on any atom is 0.209 e. The minimum absolute atomic E-state index is 0.0556. The number of anilines is 1. The Morgan fingerprint density at radius 1 is 1.32 bits per heavy atom. The second-order valence-corrected chi connectivity index (χ2v) is 4.87. The summed E-state index contributed by atoms with van der Waals surface area (Å²) >= 11 is 6.02. The Bertz CT molecular complexity index is 678. The number of nitriles is 1. The van der Waals surface area contributed by atoms with Crippen LogP contribution >= 0.6 is 11.6 Å². The van der Waals surface area contributed by atoms with E-state index in [0.29, 0.717) is 16.8 Å². The number of nitrogens with zero attached hydrogens (tertiary/aromatic N) is 3. The highest BCUT2D eigenvalue weighted by Crippen LogP contribution is 2.22. The van der Waals surface area contributed by atoms with E-state index in [4.69, 9.17) is 16.9 Å². The van der Waals surface area contributed by atoms with Gasteiger partial charge in [0.25, 0.3) is 0 Å². The third-order valence-electron chi connectivity index (χ3n) is 3.04. The van der Waals surface area contributed by atoms with Gasteiger partial charge in [-0.3, -0.25) is 5.32 Å². The fraction of sp³-hybridized carbons (Fsp3) is 0.188. The van der Waals surface area contributed by atoms with Crippen LogP contribution in [-0.2, 0) is 0 Å². The van der Waals surface area contributed by atoms with Crippen LogP contribution in [0.15, 0.2) is 53.7 Å². The molecule has 5 nitrogen and oxygen atoms in total. The van der Waals surface area contributed by atoms with Crippen molar-refractivity contribution in [2.45, 2.75) is 19.4 Å². The first-order chi connectivity index (χ1) is 10.7. The van der Waals surface area contributed by atoms with Gasteiger partial charge in [-0.1, -0.05) is 48.9 Å². The smallest absolute Gasteiger partial charge is 0.209 e. The molecule has 0 saturated carbocycles. The SMILES string of the molecule is CCC(N=C(NC#N)Nc1cccnc1Cl)c1ccccc1. The van der Waals surface area contributed by atoms with E-state index in [1.807, 2.05) is 43.4 Å². The molecule has 0 saturated heterocycles. The van der Waals surface area contributed by atoms with Gasteiger partial charge in [0.15, 0.2) is 11.3 Å². The lowest BCUT2D eigenvalue weighted by Gasteiger charge is -2.14. The lowest BCUT2D eigenvalue weighted by molar-refractivity contribution is 0.698. The zero-order chi connectivity index (χ0) is 15.8. The van der Waals surface area contributed by atoms with Crippen LogP contribution < -0.4 is 10.6 Å². The van der Waals surface area contributed by atoms with Crippen molar-refractivity contribution in [1.29, 1.82) is 5.26 Å². The third kappa shape index (κ3) is 4.21. The van der Waals surface area contributed by atoms with E-state index in [2.05, 4.69) is 20.6 Å². The number of benzene rings is 1. The summed E-state index contributed by atoms with van der Waals surface area (Å²) in [6.45, 7) is 2.04. The number of hydrogen-bond donors (Lipinski definition) is 2. The lowest BCUT2D eigenvalue weighted by atomic mass is 10.1. The Labute approximate surface area is 134 Å². The standard InChI is InChI=1S/C16H16ClN5/c1-2-13(12-7-4-3-5-8-12)21-16(20-11-18)22-14-9-6-10-19-15(14)17/h3-10,13H,2H2,1H3,(H2,20,21,22). The summed E-state index contributed by atoms with van der Waals surface area (Å²) in [4.78, 5) is 8.56. The van der Waals surface area contributed by atoms with Gasteiger partial charge in [0.1, 0.15) is 0 Å². The van der Waals surface area contributed by atoms with Crippen molar-refractivity contribution in [3.63, 3.8) is 0 Å². The highest BCUT2D eigenvalue weighted by atomic mass is 35.5. The van der Waals surface area contributed by atoms with Gasteiger partial charge >= 0.3 is 0 Å². The fourth-order valence-electron chi connectivity index (χ4n) is 1.99. The molecule has 0 fully saturated rings. The van der Waals surface area contributed by atoms with Crippen molar-refractivity contribution in [3.8, 4) is 6.19 Å². The molecule has 2 aromatic rings. The average Bonchev–Trinajstić information content (AvgIpc) is 2.55. The molecule has 2 rings (SSSR count). The summed E-state index contributed by atoms with van der Waals surface area (Å²) in [5.41, 5.74) is 1.68. The van der Waals surface area contributed by atoms with Gasteiger partial charge in [0.2, 0.25) is 5.96 Å². The molecule has 1 unspecified atom stereocenters. The summed E-state index contributed by atoms with van der Waals surface area (Å²) < 4.78 is 0. The van der Waals surface area contributed by atoms with Crippen LogP contribution in [0, 0.1) is 11.5 Å². The predicted molar refractivity (Wildman–Crippen MR) is 88.5 cm³/mol. The Morgan fingerprint density at radius 2 is 2.09 bits per heavy atom. The van der Waals surface area contributed by atoms with Crippen LogP contribution in [0.25, 0.3) is 0 Å². The topological polar surface area (TPSA) is 73.1 Å².